The van der Waals surface area contributed by atoms with Crippen LogP contribution in [0.5, 0.6) is 0 Å². The lowest BCUT2D eigenvalue weighted by Gasteiger charge is -2.13. The molecule has 0 N–H and O–H groups in total. The zero-order valence-corrected chi connectivity index (χ0v) is 8.14. The van der Waals surface area contributed by atoms with Gasteiger partial charge in [0.2, 0.25) is 0 Å². The summed E-state index contributed by atoms with van der Waals surface area (Å²) in [5, 5.41) is -0.139. The van der Waals surface area contributed by atoms with Crippen molar-refractivity contribution in [2.24, 2.45) is 5.92 Å². The van der Waals surface area contributed by atoms with Crippen LogP contribution in [0.1, 0.15) is 27.2 Å². The Balaban J connectivity index is 3.57. The lowest BCUT2D eigenvalue weighted by atomic mass is 10.2. The molecule has 0 fully saturated rings. The molecule has 0 spiro atoms. The molecule has 1 unspecified atom stereocenters. The summed E-state index contributed by atoms with van der Waals surface area (Å²) in [4.78, 5) is 10.7. The van der Waals surface area contributed by atoms with Crippen molar-refractivity contribution in [3.63, 3.8) is 0 Å². The fraction of sp³-hybridized carbons (Fsp3) is 0.857. The Morgan fingerprint density at radius 2 is 2.10 bits per heavy atom. The third-order valence-corrected chi connectivity index (χ3v) is 2.30. The van der Waals surface area contributed by atoms with E-state index in [4.69, 9.17) is 4.74 Å². The molecule has 0 radical (unpaired) electrons. The molecule has 0 aromatic heterocycles. The van der Waals surface area contributed by atoms with Crippen LogP contribution in [0, 0.1) is 5.92 Å². The highest BCUT2D eigenvalue weighted by Gasteiger charge is 2.12. The second-order valence-corrected chi connectivity index (χ2v) is 3.34. The van der Waals surface area contributed by atoms with E-state index in [1.54, 1.807) is 6.92 Å². The Morgan fingerprint density at radius 1 is 1.60 bits per heavy atom. The summed E-state index contributed by atoms with van der Waals surface area (Å²) in [7, 11) is 0. The lowest BCUT2D eigenvalue weighted by Crippen LogP contribution is -2.16. The van der Waals surface area contributed by atoms with Crippen molar-refractivity contribution in [1.29, 1.82) is 0 Å². The van der Waals surface area contributed by atoms with Crippen molar-refractivity contribution < 1.29 is 9.53 Å². The quantitative estimate of drug-likeness (QED) is 0.526. The molecule has 0 amide bonds. The van der Waals surface area contributed by atoms with Gasteiger partial charge in [0.25, 0.3) is 0 Å². The SMILES string of the molecule is CCC(=O)OC(Br)C(C)C. The van der Waals surface area contributed by atoms with Crippen molar-refractivity contribution in [3.05, 3.63) is 0 Å². The molecule has 1 atom stereocenters. The molecule has 10 heavy (non-hydrogen) atoms. The average Bonchev–Trinajstić information content (AvgIpc) is 1.87. The van der Waals surface area contributed by atoms with Crippen LogP contribution in [0.2, 0.25) is 0 Å². The first-order valence-corrected chi connectivity index (χ1v) is 4.33. The van der Waals surface area contributed by atoms with Gasteiger partial charge in [-0.3, -0.25) is 4.79 Å². The van der Waals surface area contributed by atoms with Gasteiger partial charge >= 0.3 is 5.97 Å². The molecule has 0 heterocycles. The van der Waals surface area contributed by atoms with E-state index in [2.05, 4.69) is 15.9 Å². The maximum Gasteiger partial charge on any atom is 0.306 e. The Bertz CT molecular complexity index is 112. The van der Waals surface area contributed by atoms with Crippen LogP contribution in [0.15, 0.2) is 0 Å². The summed E-state index contributed by atoms with van der Waals surface area (Å²) in [6.45, 7) is 5.76. The van der Waals surface area contributed by atoms with Crippen molar-refractivity contribution in [2.75, 3.05) is 0 Å². The summed E-state index contributed by atoms with van der Waals surface area (Å²) in [5.41, 5.74) is 0. The predicted octanol–water partition coefficient (Wildman–Crippen LogP) is 2.32. The van der Waals surface area contributed by atoms with Crippen LogP contribution >= 0.6 is 15.9 Å². The van der Waals surface area contributed by atoms with Gasteiger partial charge in [0, 0.05) is 12.3 Å². The molecule has 0 saturated carbocycles. The van der Waals surface area contributed by atoms with Crippen molar-refractivity contribution in [2.45, 2.75) is 32.2 Å². The molecule has 0 aliphatic heterocycles. The van der Waals surface area contributed by atoms with Gasteiger partial charge in [-0.05, 0) is 15.9 Å². The van der Waals surface area contributed by atoms with Crippen LogP contribution in [-0.2, 0) is 9.53 Å². The number of rotatable bonds is 3. The van der Waals surface area contributed by atoms with E-state index in [0.29, 0.717) is 12.3 Å². The largest absolute Gasteiger partial charge is 0.450 e. The molecule has 3 heteroatoms. The van der Waals surface area contributed by atoms with Crippen molar-refractivity contribution in [1.82, 2.24) is 0 Å². The van der Waals surface area contributed by atoms with Crippen LogP contribution in [0.3, 0.4) is 0 Å². The molecule has 60 valence electrons. The smallest absolute Gasteiger partial charge is 0.306 e. The van der Waals surface area contributed by atoms with Gasteiger partial charge in [-0.25, -0.2) is 0 Å². The number of hydrogen-bond acceptors (Lipinski definition) is 2. The highest BCUT2D eigenvalue weighted by molar-refractivity contribution is 9.09. The number of esters is 1. The summed E-state index contributed by atoms with van der Waals surface area (Å²) < 4.78 is 4.94. The van der Waals surface area contributed by atoms with Gasteiger partial charge in [0.15, 0.2) is 5.01 Å². The Morgan fingerprint density at radius 3 is 2.40 bits per heavy atom. The molecular formula is C7H13BrO2. The number of ether oxygens (including phenoxy) is 1. The summed E-state index contributed by atoms with van der Waals surface area (Å²) in [5.74, 6) is 0.172. The topological polar surface area (TPSA) is 26.3 Å². The summed E-state index contributed by atoms with van der Waals surface area (Å²) in [6, 6.07) is 0. The fourth-order valence-electron chi connectivity index (χ4n) is 0.345. The molecule has 0 bridgehead atoms. The van der Waals surface area contributed by atoms with Crippen LogP contribution in [-0.4, -0.2) is 11.0 Å². The Kier molecular flexibility index (Phi) is 4.69. The molecule has 0 aromatic rings. The molecule has 0 aromatic carbocycles. The van der Waals surface area contributed by atoms with Gasteiger partial charge in [0.1, 0.15) is 0 Å². The monoisotopic (exact) mass is 208 g/mol. The molecule has 0 saturated heterocycles. The first kappa shape index (κ1) is 9.95. The van der Waals surface area contributed by atoms with Gasteiger partial charge in [-0.15, -0.1) is 0 Å². The fourth-order valence-corrected chi connectivity index (χ4v) is 0.553. The van der Waals surface area contributed by atoms with Gasteiger partial charge in [0.05, 0.1) is 0 Å². The van der Waals surface area contributed by atoms with Crippen LogP contribution < -0.4 is 0 Å². The maximum atomic E-state index is 10.7. The first-order valence-electron chi connectivity index (χ1n) is 3.41. The van der Waals surface area contributed by atoms with E-state index in [-0.39, 0.29) is 11.0 Å². The second kappa shape index (κ2) is 4.72. The molecule has 0 rings (SSSR count). The number of alkyl halides is 1. The minimum absolute atomic E-state index is 0.139. The second-order valence-electron chi connectivity index (χ2n) is 2.44. The van der Waals surface area contributed by atoms with Crippen molar-refractivity contribution in [3.8, 4) is 0 Å². The van der Waals surface area contributed by atoms with E-state index in [1.807, 2.05) is 13.8 Å². The van der Waals surface area contributed by atoms with E-state index in [1.165, 1.54) is 0 Å². The minimum Gasteiger partial charge on any atom is -0.450 e. The minimum atomic E-state index is -0.157. The van der Waals surface area contributed by atoms with Crippen LogP contribution in [0.4, 0.5) is 0 Å². The zero-order valence-electron chi connectivity index (χ0n) is 6.56. The summed E-state index contributed by atoms with van der Waals surface area (Å²) >= 11 is 3.24. The number of carbonyl (C=O) groups is 1. The highest BCUT2D eigenvalue weighted by atomic mass is 79.9. The normalized spacial score (nSPS) is 13.3. The number of halogens is 1. The Labute approximate surface area is 70.1 Å². The third-order valence-electron chi connectivity index (χ3n) is 1.06. The third kappa shape index (κ3) is 3.88. The molecule has 0 aliphatic carbocycles. The van der Waals surface area contributed by atoms with E-state index < -0.39 is 0 Å². The number of hydrogen-bond donors (Lipinski definition) is 0. The number of carbonyl (C=O) groups excluding carboxylic acids is 1. The van der Waals surface area contributed by atoms with Gasteiger partial charge in [-0.1, -0.05) is 20.8 Å². The standard InChI is InChI=1S/C7H13BrO2/c1-4-6(9)10-7(8)5(2)3/h5,7H,4H2,1-3H3. The predicted molar refractivity (Wildman–Crippen MR) is 43.9 cm³/mol. The molecule has 0 aliphatic rings. The first-order chi connectivity index (χ1) is 4.57. The maximum absolute atomic E-state index is 10.7. The van der Waals surface area contributed by atoms with Gasteiger partial charge < -0.3 is 4.74 Å². The van der Waals surface area contributed by atoms with Gasteiger partial charge in [-0.2, -0.15) is 0 Å². The van der Waals surface area contributed by atoms with Crippen LogP contribution in [0.25, 0.3) is 0 Å². The van der Waals surface area contributed by atoms with E-state index >= 15 is 0 Å². The van der Waals surface area contributed by atoms with Crippen molar-refractivity contribution >= 4 is 21.9 Å². The van der Waals surface area contributed by atoms with E-state index in [9.17, 15) is 4.79 Å². The lowest BCUT2D eigenvalue weighted by molar-refractivity contribution is -0.145. The average molecular weight is 209 g/mol. The van der Waals surface area contributed by atoms with E-state index in [0.717, 1.165) is 0 Å². The zero-order chi connectivity index (χ0) is 8.15. The summed E-state index contributed by atoms with van der Waals surface area (Å²) in [6.07, 6.45) is 0.439. The Hall–Kier alpha value is -0.0500. The molecular weight excluding hydrogens is 196 g/mol. The molecule has 2 nitrogen and oxygen atoms in total. The highest BCUT2D eigenvalue weighted by Crippen LogP contribution is 2.13.